The summed E-state index contributed by atoms with van der Waals surface area (Å²) in [5.41, 5.74) is -0.592. The van der Waals surface area contributed by atoms with Crippen molar-refractivity contribution in [3.63, 3.8) is 0 Å². The highest BCUT2D eigenvalue weighted by atomic mass is 16.5. The molecule has 3 atom stereocenters. The van der Waals surface area contributed by atoms with E-state index in [1.165, 1.54) is 25.7 Å². The molecule has 0 aromatic carbocycles. The van der Waals surface area contributed by atoms with Gasteiger partial charge in [-0.15, -0.1) is 0 Å². The average molecular weight is 284 g/mol. The fourth-order valence-corrected chi connectivity index (χ4v) is 3.33. The Balaban J connectivity index is 2.70. The van der Waals surface area contributed by atoms with Crippen molar-refractivity contribution in [2.24, 2.45) is 0 Å². The minimum absolute atomic E-state index is 0.139. The number of nitrogens with one attached hydrogen (secondary N) is 1. The first-order chi connectivity index (χ1) is 9.48. The van der Waals surface area contributed by atoms with Gasteiger partial charge in [0.05, 0.1) is 6.61 Å². The molecule has 1 N–H and O–H groups in total. The molecule has 1 fully saturated rings. The van der Waals surface area contributed by atoms with Gasteiger partial charge in [-0.3, -0.25) is 9.69 Å². The lowest BCUT2D eigenvalue weighted by Crippen LogP contribution is -2.55. The fraction of sp³-hybridized carbons (Fsp3) is 0.938. The van der Waals surface area contributed by atoms with Gasteiger partial charge >= 0.3 is 5.97 Å². The van der Waals surface area contributed by atoms with E-state index in [0.717, 1.165) is 13.0 Å². The predicted molar refractivity (Wildman–Crippen MR) is 82.8 cm³/mol. The lowest BCUT2D eigenvalue weighted by Gasteiger charge is -2.42. The molecule has 1 aliphatic rings. The van der Waals surface area contributed by atoms with Gasteiger partial charge in [0, 0.05) is 12.1 Å². The Bertz CT molecular complexity index is 309. The quantitative estimate of drug-likeness (QED) is 0.730. The summed E-state index contributed by atoms with van der Waals surface area (Å²) in [6, 6.07) is 1.06. The first-order valence-corrected chi connectivity index (χ1v) is 8.10. The van der Waals surface area contributed by atoms with E-state index in [1.807, 2.05) is 20.9 Å². The zero-order chi connectivity index (χ0) is 15.2. The van der Waals surface area contributed by atoms with Crippen LogP contribution in [0.25, 0.3) is 0 Å². The van der Waals surface area contributed by atoms with Crippen molar-refractivity contribution in [3.05, 3.63) is 0 Å². The van der Waals surface area contributed by atoms with Gasteiger partial charge in [-0.2, -0.15) is 0 Å². The van der Waals surface area contributed by atoms with Crippen molar-refractivity contribution in [2.45, 2.75) is 77.4 Å². The maximum absolute atomic E-state index is 12.2. The number of likely N-dealkylation sites (tertiary alicyclic amines) is 1. The van der Waals surface area contributed by atoms with Crippen molar-refractivity contribution >= 4 is 5.97 Å². The highest BCUT2D eigenvalue weighted by Gasteiger charge is 2.37. The number of hydrogen-bond acceptors (Lipinski definition) is 4. The number of ether oxygens (including phenoxy) is 1. The molecular formula is C16H32N2O2. The first kappa shape index (κ1) is 17.4. The van der Waals surface area contributed by atoms with E-state index in [1.54, 1.807) is 0 Å². The summed E-state index contributed by atoms with van der Waals surface area (Å²) >= 11 is 0. The number of piperidine rings is 1. The van der Waals surface area contributed by atoms with Crippen molar-refractivity contribution < 1.29 is 9.53 Å². The van der Waals surface area contributed by atoms with Gasteiger partial charge in [-0.05, 0) is 60.0 Å². The Morgan fingerprint density at radius 1 is 1.45 bits per heavy atom. The number of carbonyl (C=O) groups excluding carboxylic acids is 1. The molecule has 0 aromatic heterocycles. The third kappa shape index (κ3) is 4.19. The monoisotopic (exact) mass is 284 g/mol. The highest BCUT2D eigenvalue weighted by molar-refractivity contribution is 5.80. The smallest absolute Gasteiger partial charge is 0.326 e. The normalized spacial score (nSPS) is 24.9. The number of rotatable bonds is 7. The van der Waals surface area contributed by atoms with Gasteiger partial charge in [-0.25, -0.2) is 0 Å². The third-order valence-corrected chi connectivity index (χ3v) is 4.69. The zero-order valence-corrected chi connectivity index (χ0v) is 13.9. The second-order valence-electron chi connectivity index (χ2n) is 6.15. The molecule has 1 heterocycles. The van der Waals surface area contributed by atoms with Gasteiger partial charge in [0.15, 0.2) is 0 Å². The summed E-state index contributed by atoms with van der Waals surface area (Å²) < 4.78 is 5.22. The van der Waals surface area contributed by atoms with Gasteiger partial charge in [0.25, 0.3) is 0 Å². The molecule has 1 saturated heterocycles. The van der Waals surface area contributed by atoms with Crippen LogP contribution in [0.1, 0.15) is 59.8 Å². The van der Waals surface area contributed by atoms with Crippen LogP contribution in [-0.4, -0.2) is 48.7 Å². The Kier molecular flexibility index (Phi) is 6.96. The Morgan fingerprint density at radius 2 is 2.15 bits per heavy atom. The van der Waals surface area contributed by atoms with Crippen molar-refractivity contribution in [1.29, 1.82) is 0 Å². The van der Waals surface area contributed by atoms with Crippen LogP contribution < -0.4 is 5.32 Å². The summed E-state index contributed by atoms with van der Waals surface area (Å²) in [6.07, 6.45) is 5.88. The molecule has 4 heteroatoms. The molecule has 0 aromatic rings. The fourth-order valence-electron chi connectivity index (χ4n) is 3.33. The van der Waals surface area contributed by atoms with Crippen LogP contribution >= 0.6 is 0 Å². The number of likely N-dealkylation sites (N-methyl/N-ethyl adjacent to an activating group) is 1. The third-order valence-electron chi connectivity index (χ3n) is 4.69. The van der Waals surface area contributed by atoms with Crippen LogP contribution in [0.15, 0.2) is 0 Å². The summed E-state index contributed by atoms with van der Waals surface area (Å²) in [5.74, 6) is -0.139. The van der Waals surface area contributed by atoms with Gasteiger partial charge in [0.1, 0.15) is 5.54 Å². The van der Waals surface area contributed by atoms with Crippen LogP contribution in [0, 0.1) is 0 Å². The molecule has 0 saturated carbocycles. The SMILES string of the molecule is CCOC(=O)C(C)(CC(C)N1CCCCC1CC)NC. The standard InChI is InChI=1S/C16H32N2O2/c1-6-14-10-8-9-11-18(14)13(3)12-16(4,17-5)15(19)20-7-2/h13-14,17H,6-12H2,1-5H3. The molecule has 4 nitrogen and oxygen atoms in total. The molecule has 0 spiro atoms. The number of esters is 1. The Hall–Kier alpha value is -0.610. The van der Waals surface area contributed by atoms with E-state index >= 15 is 0 Å². The molecule has 0 radical (unpaired) electrons. The van der Waals surface area contributed by atoms with Crippen molar-refractivity contribution in [3.8, 4) is 0 Å². The molecule has 1 aliphatic heterocycles. The zero-order valence-electron chi connectivity index (χ0n) is 13.9. The Labute approximate surface area is 124 Å². The van der Waals surface area contributed by atoms with Crippen molar-refractivity contribution in [2.75, 3.05) is 20.2 Å². The lowest BCUT2D eigenvalue weighted by atomic mass is 9.90. The molecule has 3 unspecified atom stereocenters. The lowest BCUT2D eigenvalue weighted by molar-refractivity contribution is -0.151. The molecule has 0 aliphatic carbocycles. The van der Waals surface area contributed by atoms with Crippen LogP contribution in [0.5, 0.6) is 0 Å². The molecule has 0 bridgehead atoms. The maximum atomic E-state index is 12.2. The first-order valence-electron chi connectivity index (χ1n) is 8.10. The predicted octanol–water partition coefficient (Wildman–Crippen LogP) is 2.57. The molecule has 0 amide bonds. The second-order valence-corrected chi connectivity index (χ2v) is 6.15. The average Bonchev–Trinajstić information content (AvgIpc) is 2.47. The largest absolute Gasteiger partial charge is 0.465 e. The molecule has 1 rings (SSSR count). The Morgan fingerprint density at radius 3 is 2.70 bits per heavy atom. The molecule has 20 heavy (non-hydrogen) atoms. The van der Waals surface area contributed by atoms with E-state index < -0.39 is 5.54 Å². The van der Waals surface area contributed by atoms with E-state index in [-0.39, 0.29) is 5.97 Å². The minimum Gasteiger partial charge on any atom is -0.465 e. The number of hydrogen-bond donors (Lipinski definition) is 1. The number of nitrogens with zero attached hydrogens (tertiary/aromatic N) is 1. The summed E-state index contributed by atoms with van der Waals surface area (Å²) in [7, 11) is 1.84. The van der Waals surface area contributed by atoms with E-state index in [0.29, 0.717) is 18.7 Å². The molecule has 118 valence electrons. The summed E-state index contributed by atoms with van der Waals surface area (Å²) in [6.45, 7) is 9.90. The van der Waals surface area contributed by atoms with E-state index in [4.69, 9.17) is 4.74 Å². The summed E-state index contributed by atoms with van der Waals surface area (Å²) in [5, 5.41) is 3.16. The second kappa shape index (κ2) is 7.99. The van der Waals surface area contributed by atoms with Crippen LogP contribution in [0.3, 0.4) is 0 Å². The summed E-state index contributed by atoms with van der Waals surface area (Å²) in [4.78, 5) is 14.7. The van der Waals surface area contributed by atoms with Crippen LogP contribution in [-0.2, 0) is 9.53 Å². The topological polar surface area (TPSA) is 41.6 Å². The minimum atomic E-state index is -0.592. The van der Waals surface area contributed by atoms with Crippen LogP contribution in [0.4, 0.5) is 0 Å². The van der Waals surface area contributed by atoms with Crippen molar-refractivity contribution in [1.82, 2.24) is 10.2 Å². The maximum Gasteiger partial charge on any atom is 0.326 e. The number of carbonyl (C=O) groups is 1. The van der Waals surface area contributed by atoms with E-state index in [2.05, 4.69) is 24.1 Å². The van der Waals surface area contributed by atoms with Gasteiger partial charge in [0.2, 0.25) is 0 Å². The van der Waals surface area contributed by atoms with Gasteiger partial charge < -0.3 is 10.1 Å². The van der Waals surface area contributed by atoms with Gasteiger partial charge in [-0.1, -0.05) is 13.3 Å². The molecular weight excluding hydrogens is 252 g/mol. The van der Waals surface area contributed by atoms with Crippen LogP contribution in [0.2, 0.25) is 0 Å². The van der Waals surface area contributed by atoms with E-state index in [9.17, 15) is 4.79 Å². The highest BCUT2D eigenvalue weighted by Crippen LogP contribution is 2.26.